The highest BCUT2D eigenvalue weighted by Crippen LogP contribution is 2.34. The first-order valence-electron chi connectivity index (χ1n) is 4.36. The monoisotopic (exact) mass is 221 g/mol. The molecule has 0 saturated heterocycles. The second-order valence-electron chi connectivity index (χ2n) is 3.26. The topological polar surface area (TPSA) is 12.0 Å². The Morgan fingerprint density at radius 2 is 1.87 bits per heavy atom. The molecule has 0 radical (unpaired) electrons. The standard InChI is InChI=1S/C10H11F4N/c1-6-3-4-7(11)5-8(6)9(15-2)10(12,13)14/h3-5,9,15H,1-2H3. The fourth-order valence-corrected chi connectivity index (χ4v) is 1.42. The molecule has 1 unspecified atom stereocenters. The summed E-state index contributed by atoms with van der Waals surface area (Å²) < 4.78 is 50.4. The number of hydrogen-bond donors (Lipinski definition) is 1. The maximum absolute atomic E-state index is 12.8. The molecule has 0 aliphatic carbocycles. The Morgan fingerprint density at radius 3 is 2.33 bits per heavy atom. The van der Waals surface area contributed by atoms with E-state index in [4.69, 9.17) is 0 Å². The highest BCUT2D eigenvalue weighted by molar-refractivity contribution is 5.30. The van der Waals surface area contributed by atoms with Crippen LogP contribution in [0.2, 0.25) is 0 Å². The fourth-order valence-electron chi connectivity index (χ4n) is 1.42. The minimum Gasteiger partial charge on any atom is -0.306 e. The molecule has 1 nitrogen and oxygen atoms in total. The highest BCUT2D eigenvalue weighted by atomic mass is 19.4. The predicted octanol–water partition coefficient (Wildman–Crippen LogP) is 2.96. The fraction of sp³-hybridized carbons (Fsp3) is 0.400. The van der Waals surface area contributed by atoms with Crippen LogP contribution in [0.15, 0.2) is 18.2 Å². The van der Waals surface area contributed by atoms with E-state index in [1.165, 1.54) is 20.0 Å². The summed E-state index contributed by atoms with van der Waals surface area (Å²) in [6, 6.07) is 1.56. The van der Waals surface area contributed by atoms with Crippen molar-refractivity contribution in [1.29, 1.82) is 0 Å². The van der Waals surface area contributed by atoms with Crippen molar-refractivity contribution in [1.82, 2.24) is 5.32 Å². The van der Waals surface area contributed by atoms with Crippen LogP contribution in [0.3, 0.4) is 0 Å². The lowest BCUT2D eigenvalue weighted by Gasteiger charge is -2.21. The van der Waals surface area contributed by atoms with E-state index in [0.29, 0.717) is 5.56 Å². The summed E-state index contributed by atoms with van der Waals surface area (Å²) in [5.74, 6) is -0.667. The SMILES string of the molecule is CNC(c1cc(F)ccc1C)C(F)(F)F. The van der Waals surface area contributed by atoms with Gasteiger partial charge in [-0.05, 0) is 37.2 Å². The third-order valence-electron chi connectivity index (χ3n) is 2.17. The minimum absolute atomic E-state index is 0.0787. The van der Waals surface area contributed by atoms with E-state index in [2.05, 4.69) is 5.32 Å². The van der Waals surface area contributed by atoms with Gasteiger partial charge in [0.15, 0.2) is 0 Å². The van der Waals surface area contributed by atoms with Gasteiger partial charge in [0.25, 0.3) is 0 Å². The van der Waals surface area contributed by atoms with E-state index >= 15 is 0 Å². The molecule has 0 bridgehead atoms. The molecule has 0 saturated carbocycles. The summed E-state index contributed by atoms with van der Waals surface area (Å²) in [5.41, 5.74) is 0.332. The van der Waals surface area contributed by atoms with Crippen LogP contribution < -0.4 is 5.32 Å². The normalized spacial score (nSPS) is 14.0. The maximum Gasteiger partial charge on any atom is 0.407 e. The molecule has 1 aromatic carbocycles. The molecule has 0 spiro atoms. The average molecular weight is 221 g/mol. The van der Waals surface area contributed by atoms with Gasteiger partial charge in [-0.25, -0.2) is 4.39 Å². The summed E-state index contributed by atoms with van der Waals surface area (Å²) >= 11 is 0. The molecule has 84 valence electrons. The highest BCUT2D eigenvalue weighted by Gasteiger charge is 2.40. The van der Waals surface area contributed by atoms with Gasteiger partial charge >= 0.3 is 6.18 Å². The van der Waals surface area contributed by atoms with Crippen LogP contribution in [0.4, 0.5) is 17.6 Å². The van der Waals surface area contributed by atoms with Crippen molar-refractivity contribution in [2.24, 2.45) is 0 Å². The van der Waals surface area contributed by atoms with Crippen molar-refractivity contribution >= 4 is 0 Å². The van der Waals surface area contributed by atoms with Crippen molar-refractivity contribution in [3.63, 3.8) is 0 Å². The van der Waals surface area contributed by atoms with Crippen molar-refractivity contribution < 1.29 is 17.6 Å². The number of hydrogen-bond acceptors (Lipinski definition) is 1. The number of benzene rings is 1. The Hall–Kier alpha value is -1.10. The lowest BCUT2D eigenvalue weighted by Crippen LogP contribution is -2.32. The molecule has 0 aromatic heterocycles. The lowest BCUT2D eigenvalue weighted by molar-refractivity contribution is -0.156. The second-order valence-corrected chi connectivity index (χ2v) is 3.26. The van der Waals surface area contributed by atoms with E-state index in [1.807, 2.05) is 0 Å². The van der Waals surface area contributed by atoms with Gasteiger partial charge in [0, 0.05) is 0 Å². The van der Waals surface area contributed by atoms with E-state index in [-0.39, 0.29) is 5.56 Å². The van der Waals surface area contributed by atoms with Gasteiger partial charge in [-0.2, -0.15) is 13.2 Å². The predicted molar refractivity (Wildman–Crippen MR) is 49.0 cm³/mol. The molecule has 1 N–H and O–H groups in total. The molecular formula is C10H11F4N. The molecule has 15 heavy (non-hydrogen) atoms. The largest absolute Gasteiger partial charge is 0.407 e. The number of alkyl halides is 3. The van der Waals surface area contributed by atoms with Crippen LogP contribution in [-0.4, -0.2) is 13.2 Å². The van der Waals surface area contributed by atoms with Crippen molar-refractivity contribution in [2.45, 2.75) is 19.1 Å². The van der Waals surface area contributed by atoms with Crippen molar-refractivity contribution in [3.8, 4) is 0 Å². The van der Waals surface area contributed by atoms with Crippen molar-refractivity contribution in [2.75, 3.05) is 7.05 Å². The first-order chi connectivity index (χ1) is 6.86. The number of rotatable bonds is 2. The zero-order chi connectivity index (χ0) is 11.6. The average Bonchev–Trinajstić information content (AvgIpc) is 2.10. The smallest absolute Gasteiger partial charge is 0.306 e. The van der Waals surface area contributed by atoms with E-state index < -0.39 is 18.0 Å². The van der Waals surface area contributed by atoms with Crippen molar-refractivity contribution in [3.05, 3.63) is 35.1 Å². The quantitative estimate of drug-likeness (QED) is 0.757. The zero-order valence-electron chi connectivity index (χ0n) is 8.32. The molecule has 1 rings (SSSR count). The Morgan fingerprint density at radius 1 is 1.27 bits per heavy atom. The molecule has 0 fully saturated rings. The Kier molecular flexibility index (Phi) is 3.34. The Balaban J connectivity index is 3.18. The van der Waals surface area contributed by atoms with Crippen LogP contribution in [0.25, 0.3) is 0 Å². The third kappa shape index (κ3) is 2.68. The summed E-state index contributed by atoms with van der Waals surface area (Å²) in [6.45, 7) is 1.52. The lowest BCUT2D eigenvalue weighted by atomic mass is 10.0. The van der Waals surface area contributed by atoms with Crippen LogP contribution in [0, 0.1) is 12.7 Å². The minimum atomic E-state index is -4.42. The first kappa shape index (κ1) is 12.0. The van der Waals surface area contributed by atoms with E-state index in [1.54, 1.807) is 0 Å². The second kappa shape index (κ2) is 4.18. The number of aryl methyl sites for hydroxylation is 1. The van der Waals surface area contributed by atoms with Gasteiger partial charge in [-0.15, -0.1) is 0 Å². The molecule has 5 heteroatoms. The van der Waals surface area contributed by atoms with E-state index in [9.17, 15) is 17.6 Å². The molecule has 0 heterocycles. The van der Waals surface area contributed by atoms with E-state index in [0.717, 1.165) is 12.1 Å². The molecule has 0 aliphatic rings. The molecule has 1 aromatic rings. The summed E-state index contributed by atoms with van der Waals surface area (Å²) in [7, 11) is 1.20. The van der Waals surface area contributed by atoms with Gasteiger partial charge in [0.05, 0.1) is 0 Å². The van der Waals surface area contributed by atoms with Crippen LogP contribution in [0.1, 0.15) is 17.2 Å². The van der Waals surface area contributed by atoms with Gasteiger partial charge in [-0.1, -0.05) is 6.07 Å². The van der Waals surface area contributed by atoms with Crippen LogP contribution in [0.5, 0.6) is 0 Å². The summed E-state index contributed by atoms with van der Waals surface area (Å²) in [5, 5.41) is 2.13. The number of halogens is 4. The Labute approximate surface area is 85.1 Å². The zero-order valence-corrected chi connectivity index (χ0v) is 8.32. The summed E-state index contributed by atoms with van der Waals surface area (Å²) in [4.78, 5) is 0. The van der Waals surface area contributed by atoms with Crippen LogP contribution >= 0.6 is 0 Å². The van der Waals surface area contributed by atoms with Gasteiger partial charge in [0.2, 0.25) is 0 Å². The Bertz CT molecular complexity index is 346. The van der Waals surface area contributed by atoms with Gasteiger partial charge in [-0.3, -0.25) is 0 Å². The molecule has 0 aliphatic heterocycles. The molecular weight excluding hydrogens is 210 g/mol. The van der Waals surface area contributed by atoms with Gasteiger partial charge in [0.1, 0.15) is 11.9 Å². The third-order valence-corrected chi connectivity index (χ3v) is 2.17. The molecule has 1 atom stereocenters. The first-order valence-corrected chi connectivity index (χ1v) is 4.36. The van der Waals surface area contributed by atoms with Crippen LogP contribution in [-0.2, 0) is 0 Å². The summed E-state index contributed by atoms with van der Waals surface area (Å²) in [6.07, 6.45) is -4.42. The maximum atomic E-state index is 12.8. The number of nitrogens with one attached hydrogen (secondary N) is 1. The molecule has 0 amide bonds. The van der Waals surface area contributed by atoms with Gasteiger partial charge < -0.3 is 5.32 Å².